The van der Waals surface area contributed by atoms with Gasteiger partial charge in [0.05, 0.1) is 0 Å². The van der Waals surface area contributed by atoms with Crippen molar-refractivity contribution in [1.29, 1.82) is 0 Å². The first-order chi connectivity index (χ1) is 8.60. The number of amides is 2. The van der Waals surface area contributed by atoms with Gasteiger partial charge in [-0.05, 0) is 32.1 Å². The molecule has 0 aliphatic carbocycles. The number of carbonyl (C=O) groups excluding carboxylic acids is 1. The van der Waals surface area contributed by atoms with Crippen LogP contribution in [0.25, 0.3) is 0 Å². The third-order valence-corrected chi connectivity index (χ3v) is 4.55. The van der Waals surface area contributed by atoms with Gasteiger partial charge in [-0.25, -0.2) is 9.78 Å². The number of hydrogen-bond donors (Lipinski definition) is 1. The first-order valence-electron chi connectivity index (χ1n) is 6.62. The van der Waals surface area contributed by atoms with Crippen molar-refractivity contribution in [3.05, 3.63) is 11.1 Å². The number of piperidine rings is 1. The minimum atomic E-state index is -0.00828. The Morgan fingerprint density at radius 1 is 1.56 bits per heavy atom. The molecule has 5 heteroatoms. The van der Waals surface area contributed by atoms with Gasteiger partial charge in [0.1, 0.15) is 0 Å². The topological polar surface area (TPSA) is 45.2 Å². The van der Waals surface area contributed by atoms with Gasteiger partial charge in [0.25, 0.3) is 0 Å². The van der Waals surface area contributed by atoms with E-state index in [-0.39, 0.29) is 6.03 Å². The molecule has 1 N–H and O–H groups in total. The van der Waals surface area contributed by atoms with E-state index < -0.39 is 0 Å². The molecule has 18 heavy (non-hydrogen) atoms. The lowest BCUT2D eigenvalue weighted by molar-refractivity contribution is 0.147. The minimum absolute atomic E-state index is 0.00828. The highest BCUT2D eigenvalue weighted by Crippen LogP contribution is 2.23. The molecule has 2 atom stereocenters. The van der Waals surface area contributed by atoms with Crippen molar-refractivity contribution in [2.24, 2.45) is 5.92 Å². The van der Waals surface area contributed by atoms with E-state index in [0.717, 1.165) is 19.4 Å². The predicted molar refractivity (Wildman–Crippen MR) is 75.1 cm³/mol. The number of urea groups is 1. The lowest BCUT2D eigenvalue weighted by Crippen LogP contribution is -2.46. The van der Waals surface area contributed by atoms with Gasteiger partial charge in [-0.1, -0.05) is 13.8 Å². The summed E-state index contributed by atoms with van der Waals surface area (Å²) < 4.78 is 0. The Kier molecular flexibility index (Phi) is 4.22. The van der Waals surface area contributed by atoms with E-state index >= 15 is 0 Å². The van der Waals surface area contributed by atoms with Crippen molar-refractivity contribution in [3.63, 3.8) is 0 Å². The zero-order chi connectivity index (χ0) is 13.1. The number of likely N-dealkylation sites (tertiary alicyclic amines) is 1. The summed E-state index contributed by atoms with van der Waals surface area (Å²) in [6.07, 6.45) is 5.10. The molecule has 0 radical (unpaired) electrons. The Bertz CT molecular complexity index is 418. The van der Waals surface area contributed by atoms with Crippen molar-refractivity contribution < 1.29 is 4.79 Å². The highest BCUT2D eigenvalue weighted by Gasteiger charge is 2.27. The number of nitrogens with one attached hydrogen (secondary N) is 1. The zero-order valence-electron chi connectivity index (χ0n) is 11.3. The molecule has 2 amide bonds. The highest BCUT2D eigenvalue weighted by molar-refractivity contribution is 7.15. The molecule has 100 valence electrons. The van der Waals surface area contributed by atoms with Crippen molar-refractivity contribution >= 4 is 22.5 Å². The molecule has 0 spiro atoms. The van der Waals surface area contributed by atoms with Crippen LogP contribution < -0.4 is 5.32 Å². The molecule has 0 saturated carbocycles. The van der Waals surface area contributed by atoms with E-state index in [0.29, 0.717) is 17.1 Å². The molecule has 0 unspecified atom stereocenters. The number of carbonyl (C=O) groups is 1. The Labute approximate surface area is 112 Å². The van der Waals surface area contributed by atoms with Crippen LogP contribution in [0.4, 0.5) is 9.93 Å². The molecule has 1 aliphatic heterocycles. The lowest BCUT2D eigenvalue weighted by Gasteiger charge is -2.36. The Morgan fingerprint density at radius 2 is 2.33 bits per heavy atom. The van der Waals surface area contributed by atoms with E-state index in [2.05, 4.69) is 31.1 Å². The maximum Gasteiger partial charge on any atom is 0.323 e. The van der Waals surface area contributed by atoms with Crippen LogP contribution in [0.2, 0.25) is 0 Å². The van der Waals surface area contributed by atoms with Crippen molar-refractivity contribution in [3.8, 4) is 0 Å². The van der Waals surface area contributed by atoms with Gasteiger partial charge >= 0.3 is 6.03 Å². The lowest BCUT2D eigenvalue weighted by atomic mass is 9.95. The second kappa shape index (κ2) is 5.69. The number of thiazole rings is 1. The first kappa shape index (κ1) is 13.3. The summed E-state index contributed by atoms with van der Waals surface area (Å²) in [5.74, 6) is 0.592. The number of aromatic nitrogens is 1. The smallest absolute Gasteiger partial charge is 0.322 e. The summed E-state index contributed by atoms with van der Waals surface area (Å²) in [6.45, 7) is 7.25. The molecule has 1 fully saturated rings. The summed E-state index contributed by atoms with van der Waals surface area (Å²) >= 11 is 1.56. The van der Waals surface area contributed by atoms with Crippen LogP contribution in [0.1, 0.15) is 38.5 Å². The van der Waals surface area contributed by atoms with Gasteiger partial charge in [-0.2, -0.15) is 0 Å². The summed E-state index contributed by atoms with van der Waals surface area (Å²) in [6, 6.07) is 0.317. The molecule has 0 aromatic carbocycles. The maximum absolute atomic E-state index is 12.2. The number of nitrogens with zero attached hydrogens (tertiary/aromatic N) is 2. The summed E-state index contributed by atoms with van der Waals surface area (Å²) in [5, 5.41) is 3.62. The van der Waals surface area contributed by atoms with Crippen LogP contribution >= 0.6 is 11.3 Å². The average molecular weight is 267 g/mol. The molecular formula is C13H21N3OS. The van der Waals surface area contributed by atoms with Gasteiger partial charge in [0.2, 0.25) is 0 Å². The molecular weight excluding hydrogens is 246 g/mol. The third-order valence-electron chi connectivity index (χ3n) is 3.49. The minimum Gasteiger partial charge on any atom is -0.322 e. The molecule has 1 aromatic heterocycles. The molecule has 0 bridgehead atoms. The van der Waals surface area contributed by atoms with Crippen LogP contribution in [-0.4, -0.2) is 28.5 Å². The monoisotopic (exact) mass is 267 g/mol. The fourth-order valence-electron chi connectivity index (χ4n) is 2.26. The molecule has 4 nitrogen and oxygen atoms in total. The van der Waals surface area contributed by atoms with E-state index in [9.17, 15) is 4.79 Å². The Hall–Kier alpha value is -1.10. The number of hydrogen-bond acceptors (Lipinski definition) is 3. The maximum atomic E-state index is 12.2. The number of anilines is 1. The normalized spacial score (nSPS) is 24.1. The van der Waals surface area contributed by atoms with Crippen LogP contribution in [0.15, 0.2) is 6.20 Å². The Morgan fingerprint density at radius 3 is 3.00 bits per heavy atom. The fraction of sp³-hybridized carbons (Fsp3) is 0.692. The standard InChI is InChI=1S/C13H21N3OS/c1-4-11-7-14-12(18-11)15-13(17)16-8-9(2)5-6-10(16)3/h7,9-10H,4-6,8H2,1-3H3,(H,14,15,17)/t9-,10-/m1/s1. The van der Waals surface area contributed by atoms with E-state index in [1.54, 1.807) is 11.3 Å². The van der Waals surface area contributed by atoms with Gasteiger partial charge in [-0.15, -0.1) is 11.3 Å². The summed E-state index contributed by atoms with van der Waals surface area (Å²) in [5.41, 5.74) is 0. The van der Waals surface area contributed by atoms with E-state index in [1.807, 2.05) is 11.1 Å². The van der Waals surface area contributed by atoms with Crippen LogP contribution in [0.5, 0.6) is 0 Å². The largest absolute Gasteiger partial charge is 0.323 e. The van der Waals surface area contributed by atoms with Crippen LogP contribution in [0, 0.1) is 5.92 Å². The van der Waals surface area contributed by atoms with Crippen LogP contribution in [0.3, 0.4) is 0 Å². The quantitative estimate of drug-likeness (QED) is 0.893. The van der Waals surface area contributed by atoms with E-state index in [4.69, 9.17) is 0 Å². The van der Waals surface area contributed by atoms with Gasteiger partial charge in [0, 0.05) is 23.7 Å². The number of aryl methyl sites for hydroxylation is 1. The van der Waals surface area contributed by atoms with Gasteiger partial charge in [0.15, 0.2) is 5.13 Å². The molecule has 1 aromatic rings. The molecule has 1 saturated heterocycles. The van der Waals surface area contributed by atoms with Gasteiger partial charge in [-0.3, -0.25) is 5.32 Å². The fourth-order valence-corrected chi connectivity index (χ4v) is 3.01. The molecule has 1 aliphatic rings. The summed E-state index contributed by atoms with van der Waals surface area (Å²) in [7, 11) is 0. The number of rotatable bonds is 2. The second-order valence-electron chi connectivity index (χ2n) is 5.10. The predicted octanol–water partition coefficient (Wildman–Crippen LogP) is 3.36. The van der Waals surface area contributed by atoms with E-state index in [1.165, 1.54) is 11.3 Å². The van der Waals surface area contributed by atoms with Crippen molar-refractivity contribution in [1.82, 2.24) is 9.88 Å². The molecule has 2 rings (SSSR count). The highest BCUT2D eigenvalue weighted by atomic mass is 32.1. The van der Waals surface area contributed by atoms with Crippen LogP contribution in [-0.2, 0) is 6.42 Å². The Balaban J connectivity index is 1.98. The SMILES string of the molecule is CCc1cnc(NC(=O)N2C[C@H](C)CC[C@H]2C)s1. The molecule has 2 heterocycles. The average Bonchev–Trinajstić information content (AvgIpc) is 2.80. The summed E-state index contributed by atoms with van der Waals surface area (Å²) in [4.78, 5) is 19.6. The zero-order valence-corrected chi connectivity index (χ0v) is 12.1. The first-order valence-corrected chi connectivity index (χ1v) is 7.44. The van der Waals surface area contributed by atoms with Gasteiger partial charge < -0.3 is 4.90 Å². The third kappa shape index (κ3) is 3.02. The van der Waals surface area contributed by atoms with Crippen molar-refractivity contribution in [2.45, 2.75) is 46.1 Å². The van der Waals surface area contributed by atoms with Crippen molar-refractivity contribution in [2.75, 3.05) is 11.9 Å². The second-order valence-corrected chi connectivity index (χ2v) is 6.21.